The summed E-state index contributed by atoms with van der Waals surface area (Å²) in [5, 5.41) is 12.4. The molecule has 0 radical (unpaired) electrons. The number of rotatable bonds is 12. The van der Waals surface area contributed by atoms with Gasteiger partial charge >= 0.3 is 5.97 Å². The Labute approximate surface area is 259 Å². The molecular formula is C33H42N2O6S2. The monoisotopic (exact) mass is 626 g/mol. The maximum absolute atomic E-state index is 13.3. The number of nitrogens with zero attached hydrogens (tertiary/aromatic N) is 1. The number of ether oxygens (including phenoxy) is 1. The Morgan fingerprint density at radius 2 is 1.72 bits per heavy atom. The maximum atomic E-state index is 13.3. The number of nitrogens with one attached hydrogen (secondary N) is 1. The van der Waals surface area contributed by atoms with Crippen LogP contribution >= 0.6 is 11.8 Å². The van der Waals surface area contributed by atoms with E-state index in [1.807, 2.05) is 79.9 Å². The third-order valence-electron chi connectivity index (χ3n) is 7.05. The fourth-order valence-electron chi connectivity index (χ4n) is 4.95. The molecule has 3 aromatic carbocycles. The number of benzene rings is 3. The zero-order valence-corrected chi connectivity index (χ0v) is 26.9. The summed E-state index contributed by atoms with van der Waals surface area (Å²) in [6, 6.07) is 23.2. The number of sulfone groups is 1. The van der Waals surface area contributed by atoms with E-state index in [0.717, 1.165) is 66.4 Å². The second-order valence-electron chi connectivity index (χ2n) is 10.9. The predicted octanol–water partition coefficient (Wildman–Crippen LogP) is 5.30. The molecule has 1 heterocycles. The Morgan fingerprint density at radius 3 is 2.37 bits per heavy atom. The standard InChI is InChI=1S/C31H36N2O4S.C2H6O2S/c1-22-9-6-7-13-26(22)28-19-23(14-15-27(28)30(34)32-29(31(35)36)16-18-38-2)20-33-17-8-10-24(33)21-37-25-11-4-3-5-12-25;1-5(2,3)4/h3-7,9,11-15,19,24,29H,8,10,16-18,20-21H2,1-2H3,(H,32,34)(H,35,36);1-2H3/t24-,29?;/m0./s1. The minimum absolute atomic E-state index is 0.327. The summed E-state index contributed by atoms with van der Waals surface area (Å²) in [4.78, 5) is 27.6. The van der Waals surface area contributed by atoms with Gasteiger partial charge in [-0.1, -0.05) is 48.5 Å². The number of aryl methyl sites for hydroxylation is 1. The third-order valence-corrected chi connectivity index (χ3v) is 7.69. The number of carbonyl (C=O) groups is 2. The molecular weight excluding hydrogens is 585 g/mol. The van der Waals surface area contributed by atoms with Crippen molar-refractivity contribution >= 4 is 33.5 Å². The zero-order valence-electron chi connectivity index (χ0n) is 25.3. The molecule has 1 saturated heterocycles. The lowest BCUT2D eigenvalue weighted by Crippen LogP contribution is -2.41. The smallest absolute Gasteiger partial charge is 0.326 e. The van der Waals surface area contributed by atoms with E-state index in [2.05, 4.69) is 16.3 Å². The Bertz CT molecular complexity index is 1460. The Hall–Kier alpha value is -3.34. The highest BCUT2D eigenvalue weighted by molar-refractivity contribution is 7.98. The topological polar surface area (TPSA) is 113 Å². The molecule has 2 atom stereocenters. The number of thioether (sulfide) groups is 1. The van der Waals surface area contributed by atoms with Crippen LogP contribution in [0.5, 0.6) is 5.75 Å². The Kier molecular flexibility index (Phi) is 13.1. The van der Waals surface area contributed by atoms with E-state index in [9.17, 15) is 23.1 Å². The van der Waals surface area contributed by atoms with Crippen molar-refractivity contribution in [3.63, 3.8) is 0 Å². The van der Waals surface area contributed by atoms with Gasteiger partial charge in [0.15, 0.2) is 0 Å². The molecule has 0 aromatic heterocycles. The minimum atomic E-state index is -2.67. The van der Waals surface area contributed by atoms with Gasteiger partial charge < -0.3 is 15.2 Å². The lowest BCUT2D eigenvalue weighted by atomic mass is 9.93. The second kappa shape index (κ2) is 16.5. The van der Waals surface area contributed by atoms with Crippen LogP contribution in [-0.2, 0) is 21.2 Å². The van der Waals surface area contributed by atoms with Crippen LogP contribution in [0.4, 0.5) is 0 Å². The van der Waals surface area contributed by atoms with Crippen LogP contribution in [-0.4, -0.2) is 80.1 Å². The van der Waals surface area contributed by atoms with E-state index in [0.29, 0.717) is 30.4 Å². The van der Waals surface area contributed by atoms with Gasteiger partial charge in [0.2, 0.25) is 0 Å². The second-order valence-corrected chi connectivity index (χ2v) is 14.1. The maximum Gasteiger partial charge on any atom is 0.326 e. The van der Waals surface area contributed by atoms with E-state index >= 15 is 0 Å². The summed E-state index contributed by atoms with van der Waals surface area (Å²) in [6.07, 6.45) is 6.83. The van der Waals surface area contributed by atoms with Gasteiger partial charge in [0.05, 0.1) is 0 Å². The molecule has 8 nitrogen and oxygen atoms in total. The van der Waals surface area contributed by atoms with E-state index < -0.39 is 21.8 Å². The molecule has 1 unspecified atom stereocenters. The molecule has 43 heavy (non-hydrogen) atoms. The van der Waals surface area contributed by atoms with Crippen LogP contribution in [0.15, 0.2) is 72.8 Å². The van der Waals surface area contributed by atoms with Gasteiger partial charge in [0, 0.05) is 30.7 Å². The fourth-order valence-corrected chi connectivity index (χ4v) is 5.42. The normalized spacial score (nSPS) is 15.7. The fraction of sp³-hybridized carbons (Fsp3) is 0.394. The van der Waals surface area contributed by atoms with Gasteiger partial charge in [-0.2, -0.15) is 11.8 Å². The number of carboxylic acids is 1. The lowest BCUT2D eigenvalue weighted by Gasteiger charge is -2.25. The molecule has 0 saturated carbocycles. The van der Waals surface area contributed by atoms with Crippen LogP contribution < -0.4 is 10.1 Å². The summed E-state index contributed by atoms with van der Waals surface area (Å²) in [5.41, 5.74) is 4.46. The molecule has 1 amide bonds. The number of carboxylic acid groups (broad SMARTS) is 1. The van der Waals surface area contributed by atoms with Crippen LogP contribution in [0.25, 0.3) is 11.1 Å². The highest BCUT2D eigenvalue weighted by Gasteiger charge is 2.27. The number of aliphatic carboxylic acids is 1. The van der Waals surface area contributed by atoms with Gasteiger partial charge in [0.25, 0.3) is 5.91 Å². The molecule has 232 valence electrons. The van der Waals surface area contributed by atoms with Crippen molar-refractivity contribution < 1.29 is 27.9 Å². The van der Waals surface area contributed by atoms with Crippen molar-refractivity contribution in [1.82, 2.24) is 10.2 Å². The number of carbonyl (C=O) groups excluding carboxylic acids is 1. The first-order valence-electron chi connectivity index (χ1n) is 14.2. The third kappa shape index (κ3) is 11.3. The minimum Gasteiger partial charge on any atom is -0.492 e. The van der Waals surface area contributed by atoms with Crippen molar-refractivity contribution in [2.75, 3.05) is 37.7 Å². The molecule has 1 aliphatic rings. The lowest BCUT2D eigenvalue weighted by molar-refractivity contribution is -0.139. The number of likely N-dealkylation sites (tertiary alicyclic amines) is 1. The first-order valence-corrected chi connectivity index (χ1v) is 17.9. The average molecular weight is 627 g/mol. The SMILES string of the molecule is CS(C)(=O)=O.CSCCC(NC(=O)c1ccc(CN2CCC[C@H]2COc2ccccc2)cc1-c1ccccc1C)C(=O)O. The van der Waals surface area contributed by atoms with Crippen LogP contribution in [0.2, 0.25) is 0 Å². The molecule has 4 rings (SSSR count). The number of hydrogen-bond donors (Lipinski definition) is 2. The number of amides is 1. The Balaban J connectivity index is 0.000000934. The molecule has 1 fully saturated rings. The molecule has 1 aliphatic heterocycles. The molecule has 2 N–H and O–H groups in total. The van der Waals surface area contributed by atoms with Crippen molar-refractivity contribution in [3.05, 3.63) is 89.5 Å². The highest BCUT2D eigenvalue weighted by Crippen LogP contribution is 2.30. The van der Waals surface area contributed by atoms with Gasteiger partial charge in [-0.05, 0) is 91.3 Å². The van der Waals surface area contributed by atoms with E-state index in [1.54, 1.807) is 11.8 Å². The van der Waals surface area contributed by atoms with Gasteiger partial charge in [-0.15, -0.1) is 0 Å². The largest absolute Gasteiger partial charge is 0.492 e. The van der Waals surface area contributed by atoms with Gasteiger partial charge in [-0.25, -0.2) is 13.2 Å². The Morgan fingerprint density at radius 1 is 1.05 bits per heavy atom. The van der Waals surface area contributed by atoms with Crippen molar-refractivity contribution in [2.45, 2.75) is 44.8 Å². The van der Waals surface area contributed by atoms with E-state index in [1.165, 1.54) is 0 Å². The first-order chi connectivity index (χ1) is 20.5. The summed E-state index contributed by atoms with van der Waals surface area (Å²) >= 11 is 1.56. The van der Waals surface area contributed by atoms with E-state index in [4.69, 9.17) is 4.74 Å². The summed E-state index contributed by atoms with van der Waals surface area (Å²) in [7, 11) is -2.67. The summed E-state index contributed by atoms with van der Waals surface area (Å²) in [6.45, 7) is 4.43. The van der Waals surface area contributed by atoms with Crippen LogP contribution in [0.1, 0.15) is 40.7 Å². The first kappa shape index (κ1) is 34.2. The number of hydrogen-bond acceptors (Lipinski definition) is 7. The van der Waals surface area contributed by atoms with Crippen LogP contribution in [0.3, 0.4) is 0 Å². The van der Waals surface area contributed by atoms with Crippen molar-refractivity contribution in [3.8, 4) is 16.9 Å². The average Bonchev–Trinajstić information content (AvgIpc) is 3.40. The molecule has 0 spiro atoms. The zero-order chi connectivity index (χ0) is 31.4. The molecule has 3 aromatic rings. The summed E-state index contributed by atoms with van der Waals surface area (Å²) in [5.74, 6) is 0.165. The van der Waals surface area contributed by atoms with Crippen LogP contribution in [0, 0.1) is 6.92 Å². The van der Waals surface area contributed by atoms with Crippen molar-refractivity contribution in [1.29, 1.82) is 0 Å². The summed E-state index contributed by atoms with van der Waals surface area (Å²) < 4.78 is 25.3. The quantitative estimate of drug-likeness (QED) is 0.279. The molecule has 0 aliphatic carbocycles. The molecule has 10 heteroatoms. The van der Waals surface area contributed by atoms with Gasteiger partial charge in [-0.3, -0.25) is 9.69 Å². The highest BCUT2D eigenvalue weighted by atomic mass is 32.2. The molecule has 0 bridgehead atoms. The van der Waals surface area contributed by atoms with Gasteiger partial charge in [0.1, 0.15) is 28.2 Å². The number of para-hydroxylation sites is 1. The van der Waals surface area contributed by atoms with Crippen molar-refractivity contribution in [2.24, 2.45) is 0 Å². The predicted molar refractivity (Wildman–Crippen MR) is 175 cm³/mol. The van der Waals surface area contributed by atoms with E-state index in [-0.39, 0.29) is 5.91 Å².